The Morgan fingerprint density at radius 2 is 1.77 bits per heavy atom. The number of carbonyl (C=O) groups is 2. The minimum absolute atomic E-state index is 0.141. The van der Waals surface area contributed by atoms with Gasteiger partial charge in [0.2, 0.25) is 0 Å². The van der Waals surface area contributed by atoms with Crippen LogP contribution in [0, 0.1) is 5.82 Å². The van der Waals surface area contributed by atoms with Gasteiger partial charge in [-0.25, -0.2) is 4.39 Å². The first kappa shape index (κ1) is 22.1. The van der Waals surface area contributed by atoms with Gasteiger partial charge in [-0.05, 0) is 48.9 Å². The van der Waals surface area contributed by atoms with Gasteiger partial charge in [0.25, 0.3) is 5.91 Å². The van der Waals surface area contributed by atoms with E-state index in [1.165, 1.54) is 19.2 Å². The van der Waals surface area contributed by atoms with E-state index in [1.54, 1.807) is 41.3 Å². The van der Waals surface area contributed by atoms with Gasteiger partial charge in [0, 0.05) is 24.7 Å². The second kappa shape index (κ2) is 9.91. The standard InChI is InChI=1S/C22H24ClFN2O4/c1-15-21(22(28)29-2)25(13-16-3-7-18(24)8-4-16)11-12-26(15)20(27)14-30-19-9-5-17(23)6-10-19/h3-10,15,21H,11-14H2,1-2H3. The van der Waals surface area contributed by atoms with Gasteiger partial charge < -0.3 is 14.4 Å². The highest BCUT2D eigenvalue weighted by Crippen LogP contribution is 2.22. The summed E-state index contributed by atoms with van der Waals surface area (Å²) < 4.78 is 23.7. The normalized spacial score (nSPS) is 19.4. The molecule has 2 aromatic rings. The number of carbonyl (C=O) groups excluding carboxylic acids is 2. The number of piperazine rings is 1. The van der Waals surface area contributed by atoms with Gasteiger partial charge in [0.15, 0.2) is 6.61 Å². The third kappa shape index (κ3) is 5.29. The highest BCUT2D eigenvalue weighted by molar-refractivity contribution is 6.30. The van der Waals surface area contributed by atoms with Crippen LogP contribution in [-0.4, -0.2) is 60.6 Å². The molecule has 1 aliphatic rings. The van der Waals surface area contributed by atoms with E-state index in [9.17, 15) is 14.0 Å². The summed E-state index contributed by atoms with van der Waals surface area (Å²) in [5.74, 6) is -0.402. The first-order valence-electron chi connectivity index (χ1n) is 9.63. The molecule has 1 saturated heterocycles. The highest BCUT2D eigenvalue weighted by Gasteiger charge is 2.41. The Hall–Kier alpha value is -2.64. The minimum Gasteiger partial charge on any atom is -0.484 e. The molecule has 2 unspecified atom stereocenters. The van der Waals surface area contributed by atoms with E-state index in [1.807, 2.05) is 11.8 Å². The predicted octanol–water partition coefficient (Wildman–Crippen LogP) is 3.13. The molecule has 0 N–H and O–H groups in total. The molecule has 3 rings (SSSR count). The zero-order valence-electron chi connectivity index (χ0n) is 16.9. The van der Waals surface area contributed by atoms with Crippen LogP contribution in [0.1, 0.15) is 12.5 Å². The number of halogens is 2. The third-order valence-corrected chi connectivity index (χ3v) is 5.46. The predicted molar refractivity (Wildman–Crippen MR) is 111 cm³/mol. The highest BCUT2D eigenvalue weighted by atomic mass is 35.5. The molecule has 1 amide bonds. The summed E-state index contributed by atoms with van der Waals surface area (Å²) in [7, 11) is 1.33. The molecular weight excluding hydrogens is 411 g/mol. The molecule has 6 nitrogen and oxygen atoms in total. The fourth-order valence-electron chi connectivity index (χ4n) is 3.63. The second-order valence-electron chi connectivity index (χ2n) is 7.14. The number of nitrogens with zero attached hydrogens (tertiary/aromatic N) is 2. The van der Waals surface area contributed by atoms with Crippen molar-refractivity contribution in [2.45, 2.75) is 25.6 Å². The van der Waals surface area contributed by atoms with Gasteiger partial charge in [0.05, 0.1) is 13.2 Å². The monoisotopic (exact) mass is 434 g/mol. The number of rotatable bonds is 6. The number of hydrogen-bond donors (Lipinski definition) is 0. The molecule has 1 heterocycles. The van der Waals surface area contributed by atoms with Gasteiger partial charge in [-0.2, -0.15) is 0 Å². The van der Waals surface area contributed by atoms with Crippen molar-refractivity contribution in [3.8, 4) is 5.75 Å². The Balaban J connectivity index is 1.67. The van der Waals surface area contributed by atoms with Crippen LogP contribution < -0.4 is 4.74 Å². The molecule has 160 valence electrons. The lowest BCUT2D eigenvalue weighted by molar-refractivity contribution is -0.156. The zero-order valence-corrected chi connectivity index (χ0v) is 17.6. The van der Waals surface area contributed by atoms with Crippen LogP contribution in [-0.2, 0) is 20.9 Å². The van der Waals surface area contributed by atoms with Crippen LogP contribution in [0.5, 0.6) is 5.75 Å². The summed E-state index contributed by atoms with van der Waals surface area (Å²) in [6.45, 7) is 3.05. The molecule has 2 atom stereocenters. The molecule has 2 aromatic carbocycles. The molecule has 0 bridgehead atoms. The fraction of sp³-hybridized carbons (Fsp3) is 0.364. The summed E-state index contributed by atoms with van der Waals surface area (Å²) >= 11 is 5.86. The van der Waals surface area contributed by atoms with Crippen molar-refractivity contribution in [1.29, 1.82) is 0 Å². The van der Waals surface area contributed by atoms with Gasteiger partial charge in [0.1, 0.15) is 17.6 Å². The maximum Gasteiger partial charge on any atom is 0.325 e. The Morgan fingerprint density at radius 1 is 1.10 bits per heavy atom. The van der Waals surface area contributed by atoms with Crippen molar-refractivity contribution in [1.82, 2.24) is 9.80 Å². The van der Waals surface area contributed by atoms with Crippen molar-refractivity contribution in [3.63, 3.8) is 0 Å². The van der Waals surface area contributed by atoms with E-state index in [0.29, 0.717) is 30.4 Å². The van der Waals surface area contributed by atoms with Crippen molar-refractivity contribution in [2.24, 2.45) is 0 Å². The Labute approximate surface area is 180 Å². The van der Waals surface area contributed by atoms with Crippen LogP contribution in [0.3, 0.4) is 0 Å². The summed E-state index contributed by atoms with van der Waals surface area (Å²) in [5, 5.41) is 0.584. The zero-order chi connectivity index (χ0) is 21.7. The topological polar surface area (TPSA) is 59.1 Å². The Kier molecular flexibility index (Phi) is 7.29. The van der Waals surface area contributed by atoms with E-state index < -0.39 is 18.1 Å². The number of benzene rings is 2. The number of hydrogen-bond acceptors (Lipinski definition) is 5. The number of ether oxygens (including phenoxy) is 2. The maximum atomic E-state index is 13.2. The molecular formula is C22H24ClFN2O4. The van der Waals surface area contributed by atoms with Crippen LogP contribution >= 0.6 is 11.6 Å². The first-order valence-corrected chi connectivity index (χ1v) is 10.0. The fourth-order valence-corrected chi connectivity index (χ4v) is 3.76. The van der Waals surface area contributed by atoms with Gasteiger partial charge in [-0.1, -0.05) is 23.7 Å². The molecule has 30 heavy (non-hydrogen) atoms. The Morgan fingerprint density at radius 3 is 2.40 bits per heavy atom. The van der Waals surface area contributed by atoms with Crippen LogP contribution in [0.15, 0.2) is 48.5 Å². The van der Waals surface area contributed by atoms with Crippen molar-refractivity contribution < 1.29 is 23.5 Å². The summed E-state index contributed by atoms with van der Waals surface area (Å²) in [6, 6.07) is 11.9. The largest absolute Gasteiger partial charge is 0.484 e. The lowest BCUT2D eigenvalue weighted by Gasteiger charge is -2.44. The van der Waals surface area contributed by atoms with Crippen LogP contribution in [0.25, 0.3) is 0 Å². The quantitative estimate of drug-likeness (QED) is 0.654. The molecule has 0 saturated carbocycles. The minimum atomic E-state index is -0.631. The summed E-state index contributed by atoms with van der Waals surface area (Å²) in [5.41, 5.74) is 0.878. The van der Waals surface area contributed by atoms with Gasteiger partial charge in [-0.15, -0.1) is 0 Å². The number of methoxy groups -OCH3 is 1. The van der Waals surface area contributed by atoms with E-state index in [0.717, 1.165) is 5.56 Å². The summed E-state index contributed by atoms with van der Waals surface area (Å²) in [6.07, 6.45) is 0. The lowest BCUT2D eigenvalue weighted by atomic mass is 10.0. The van der Waals surface area contributed by atoms with Gasteiger partial charge >= 0.3 is 5.97 Å². The van der Waals surface area contributed by atoms with E-state index in [-0.39, 0.29) is 18.3 Å². The van der Waals surface area contributed by atoms with Crippen LogP contribution in [0.2, 0.25) is 5.02 Å². The lowest BCUT2D eigenvalue weighted by Crippen LogP contribution is -2.63. The van der Waals surface area contributed by atoms with E-state index in [2.05, 4.69) is 0 Å². The van der Waals surface area contributed by atoms with Gasteiger partial charge in [-0.3, -0.25) is 14.5 Å². The number of esters is 1. The van der Waals surface area contributed by atoms with Crippen molar-refractivity contribution >= 4 is 23.5 Å². The van der Waals surface area contributed by atoms with E-state index >= 15 is 0 Å². The number of amides is 1. The molecule has 1 aliphatic heterocycles. The SMILES string of the molecule is COC(=O)C1C(C)N(C(=O)COc2ccc(Cl)cc2)CCN1Cc1ccc(F)cc1. The molecule has 0 spiro atoms. The average molecular weight is 435 g/mol. The summed E-state index contributed by atoms with van der Waals surface area (Å²) in [4.78, 5) is 28.9. The smallest absolute Gasteiger partial charge is 0.325 e. The maximum absolute atomic E-state index is 13.2. The Bertz CT molecular complexity index is 876. The molecule has 1 fully saturated rings. The van der Waals surface area contributed by atoms with Crippen LogP contribution in [0.4, 0.5) is 4.39 Å². The molecule has 8 heteroatoms. The molecule has 0 aliphatic carbocycles. The average Bonchev–Trinajstić information content (AvgIpc) is 2.74. The second-order valence-corrected chi connectivity index (χ2v) is 7.57. The van der Waals surface area contributed by atoms with Crippen molar-refractivity contribution in [2.75, 3.05) is 26.8 Å². The van der Waals surface area contributed by atoms with Crippen molar-refractivity contribution in [3.05, 3.63) is 64.9 Å². The molecule has 0 radical (unpaired) electrons. The van der Waals surface area contributed by atoms with E-state index in [4.69, 9.17) is 21.1 Å². The first-order chi connectivity index (χ1) is 14.4. The molecule has 0 aromatic heterocycles. The third-order valence-electron chi connectivity index (χ3n) is 5.21.